The van der Waals surface area contributed by atoms with Crippen LogP contribution < -0.4 is 10.6 Å². The van der Waals surface area contributed by atoms with Crippen LogP contribution in [-0.4, -0.2) is 30.6 Å². The largest absolute Gasteiger partial charge is 0.344 e. The molecule has 11 heteroatoms. The van der Waals surface area contributed by atoms with Gasteiger partial charge in [0.1, 0.15) is 34.8 Å². The van der Waals surface area contributed by atoms with Crippen LogP contribution in [0.1, 0.15) is 24.5 Å². The number of aromatic nitrogens is 5. The number of carbonyl (C=O) groups is 1. The van der Waals surface area contributed by atoms with Crippen LogP contribution in [0.25, 0.3) is 22.6 Å². The van der Waals surface area contributed by atoms with Gasteiger partial charge >= 0.3 is 0 Å². The Kier molecular flexibility index (Phi) is 4.10. The summed E-state index contributed by atoms with van der Waals surface area (Å²) in [5, 5.41) is 10.6. The number of nitrogens with one attached hydrogen (secondary N) is 2. The van der Waals surface area contributed by atoms with Crippen LogP contribution in [0.4, 0.5) is 24.8 Å². The van der Waals surface area contributed by atoms with Crippen LogP contribution in [-0.2, 0) is 16.8 Å². The Morgan fingerprint density at radius 3 is 2.59 bits per heavy atom. The summed E-state index contributed by atoms with van der Waals surface area (Å²) < 4.78 is 44.0. The number of pyridine rings is 1. The Balaban J connectivity index is 1.55. The lowest BCUT2D eigenvalue weighted by Gasteiger charge is -2.30. The number of hydrogen-bond acceptors (Lipinski definition) is 6. The van der Waals surface area contributed by atoms with Gasteiger partial charge in [-0.3, -0.25) is 4.79 Å². The zero-order valence-electron chi connectivity index (χ0n) is 17.8. The third kappa shape index (κ3) is 2.82. The van der Waals surface area contributed by atoms with Crippen molar-refractivity contribution in [2.45, 2.75) is 25.3 Å². The highest BCUT2D eigenvalue weighted by atomic mass is 19.1. The van der Waals surface area contributed by atoms with E-state index in [2.05, 4.69) is 37.3 Å². The van der Waals surface area contributed by atoms with Gasteiger partial charge in [0.25, 0.3) is 0 Å². The van der Waals surface area contributed by atoms with Gasteiger partial charge in [-0.05, 0) is 25.1 Å². The number of carbonyl (C=O) groups excluding carboxylic acids is 1. The van der Waals surface area contributed by atoms with Gasteiger partial charge in [-0.25, -0.2) is 32.8 Å². The van der Waals surface area contributed by atoms with E-state index in [1.54, 1.807) is 6.92 Å². The van der Waals surface area contributed by atoms with Crippen LogP contribution in [0, 0.1) is 17.5 Å². The van der Waals surface area contributed by atoms with E-state index in [0.29, 0.717) is 29.3 Å². The zero-order chi connectivity index (χ0) is 23.8. The third-order valence-corrected chi connectivity index (χ3v) is 6.19. The van der Waals surface area contributed by atoms with E-state index in [0.717, 1.165) is 18.3 Å². The molecule has 1 amide bonds. The summed E-state index contributed by atoms with van der Waals surface area (Å²) in [5.41, 5.74) is 0.510. The molecule has 0 fully saturated rings. The van der Waals surface area contributed by atoms with Crippen LogP contribution in [0.5, 0.6) is 0 Å². The van der Waals surface area contributed by atoms with E-state index in [1.165, 1.54) is 16.8 Å². The van der Waals surface area contributed by atoms with E-state index in [1.807, 2.05) is 0 Å². The maximum atomic E-state index is 14.3. The standard InChI is InChI=1S/C23H16F3N7O/c1-10-7-23(2)16-18(28-10)29-20(30-19(16)31-22(23)34)17-12-6-11(24)8-27-21(12)33(32-17)9-13-14(25)4-3-5-15(13)26/h3-6,8H,1,7,9H2,2H3,(H2,28,29,30,31,34)/t23-/m1/s1. The molecule has 170 valence electrons. The van der Waals surface area contributed by atoms with Crippen molar-refractivity contribution >= 4 is 28.6 Å². The minimum atomic E-state index is -0.858. The molecule has 0 saturated carbocycles. The average molecular weight is 463 g/mol. The van der Waals surface area contributed by atoms with Crippen molar-refractivity contribution in [3.63, 3.8) is 0 Å². The normalized spacial score (nSPS) is 18.7. The Morgan fingerprint density at radius 1 is 1.15 bits per heavy atom. The topological polar surface area (TPSA) is 97.6 Å². The first-order chi connectivity index (χ1) is 16.2. The Hall–Kier alpha value is -4.28. The van der Waals surface area contributed by atoms with Crippen molar-refractivity contribution in [1.82, 2.24) is 24.7 Å². The molecular formula is C23H16F3N7O. The fraction of sp³-hybridized carbons (Fsp3) is 0.174. The predicted molar refractivity (Wildman–Crippen MR) is 117 cm³/mol. The van der Waals surface area contributed by atoms with E-state index < -0.39 is 22.9 Å². The average Bonchev–Trinajstić information content (AvgIpc) is 3.25. The quantitative estimate of drug-likeness (QED) is 0.479. The molecule has 0 bridgehead atoms. The molecule has 5 heterocycles. The number of allylic oxidation sites excluding steroid dienone is 1. The Bertz CT molecular complexity index is 1540. The molecule has 0 radical (unpaired) electrons. The molecule has 6 rings (SSSR count). The second kappa shape index (κ2) is 6.86. The number of amides is 1. The molecule has 1 atom stereocenters. The van der Waals surface area contributed by atoms with E-state index >= 15 is 0 Å². The number of fused-ring (bicyclic) bond motifs is 1. The van der Waals surface area contributed by atoms with Gasteiger partial charge in [0.05, 0.1) is 29.1 Å². The molecule has 8 nitrogen and oxygen atoms in total. The van der Waals surface area contributed by atoms with Crippen LogP contribution in [0.15, 0.2) is 42.7 Å². The highest BCUT2D eigenvalue weighted by Crippen LogP contribution is 2.48. The fourth-order valence-electron chi connectivity index (χ4n) is 4.58. The Morgan fingerprint density at radius 2 is 1.85 bits per heavy atom. The number of halogens is 3. The van der Waals surface area contributed by atoms with Gasteiger partial charge in [-0.1, -0.05) is 12.6 Å². The minimum absolute atomic E-state index is 0.0886. The molecule has 0 aliphatic carbocycles. The minimum Gasteiger partial charge on any atom is -0.344 e. The first kappa shape index (κ1) is 20.3. The van der Waals surface area contributed by atoms with Gasteiger partial charge < -0.3 is 10.6 Å². The monoisotopic (exact) mass is 463 g/mol. The van der Waals surface area contributed by atoms with E-state index in [4.69, 9.17) is 0 Å². The summed E-state index contributed by atoms with van der Waals surface area (Å²) in [5.74, 6) is -1.53. The zero-order valence-corrected chi connectivity index (χ0v) is 17.8. The first-order valence-corrected chi connectivity index (χ1v) is 10.4. The SMILES string of the molecule is C=C1C[C@@]2(C)C(=O)Nc3nc(-c4nn(Cc5c(F)cccc5F)c5ncc(F)cc45)nc(c32)N1. The molecule has 34 heavy (non-hydrogen) atoms. The third-order valence-electron chi connectivity index (χ3n) is 6.19. The number of nitrogens with zero attached hydrogens (tertiary/aromatic N) is 5. The van der Waals surface area contributed by atoms with Crippen LogP contribution in [0.2, 0.25) is 0 Å². The van der Waals surface area contributed by atoms with Crippen molar-refractivity contribution in [3.05, 3.63) is 71.3 Å². The number of benzene rings is 1. The lowest BCUT2D eigenvalue weighted by atomic mass is 9.78. The van der Waals surface area contributed by atoms with Crippen LogP contribution >= 0.6 is 0 Å². The maximum Gasteiger partial charge on any atom is 0.236 e. The summed E-state index contributed by atoms with van der Waals surface area (Å²) in [6.07, 6.45) is 1.38. The number of hydrogen-bond donors (Lipinski definition) is 2. The van der Waals surface area contributed by atoms with Crippen LogP contribution in [0.3, 0.4) is 0 Å². The second-order valence-electron chi connectivity index (χ2n) is 8.54. The van der Waals surface area contributed by atoms with Gasteiger partial charge in [-0.15, -0.1) is 0 Å². The number of anilines is 2. The van der Waals surface area contributed by atoms with E-state index in [9.17, 15) is 18.0 Å². The molecule has 0 spiro atoms. The fourth-order valence-corrected chi connectivity index (χ4v) is 4.58. The molecule has 1 aromatic carbocycles. The summed E-state index contributed by atoms with van der Waals surface area (Å²) in [4.78, 5) is 25.8. The lowest BCUT2D eigenvalue weighted by Crippen LogP contribution is -2.35. The molecule has 4 aromatic rings. The Labute approximate surface area is 190 Å². The number of rotatable bonds is 3. The smallest absolute Gasteiger partial charge is 0.236 e. The maximum absolute atomic E-state index is 14.3. The second-order valence-corrected chi connectivity index (χ2v) is 8.54. The molecule has 3 aromatic heterocycles. The lowest BCUT2D eigenvalue weighted by molar-refractivity contribution is -0.120. The molecule has 2 N–H and O–H groups in total. The summed E-state index contributed by atoms with van der Waals surface area (Å²) in [6, 6.07) is 4.76. The highest BCUT2D eigenvalue weighted by molar-refractivity contribution is 6.08. The van der Waals surface area contributed by atoms with E-state index in [-0.39, 0.29) is 40.6 Å². The molecular weight excluding hydrogens is 447 g/mol. The first-order valence-electron chi connectivity index (χ1n) is 10.4. The predicted octanol–water partition coefficient (Wildman–Crippen LogP) is 3.89. The highest BCUT2D eigenvalue weighted by Gasteiger charge is 2.49. The summed E-state index contributed by atoms with van der Waals surface area (Å²) in [6.45, 7) is 5.45. The van der Waals surface area contributed by atoms with Gasteiger partial charge in [0.15, 0.2) is 11.5 Å². The van der Waals surface area contributed by atoms with Crippen molar-refractivity contribution in [1.29, 1.82) is 0 Å². The molecule has 0 unspecified atom stereocenters. The molecule has 0 saturated heterocycles. The summed E-state index contributed by atoms with van der Waals surface area (Å²) in [7, 11) is 0. The van der Waals surface area contributed by atoms with Gasteiger partial charge in [0.2, 0.25) is 5.91 Å². The summed E-state index contributed by atoms with van der Waals surface area (Å²) >= 11 is 0. The molecule has 2 aliphatic heterocycles. The molecule has 2 aliphatic rings. The van der Waals surface area contributed by atoms with Crippen molar-refractivity contribution in [2.24, 2.45) is 0 Å². The van der Waals surface area contributed by atoms with Gasteiger partial charge in [-0.2, -0.15) is 5.10 Å². The van der Waals surface area contributed by atoms with Gasteiger partial charge in [0, 0.05) is 17.7 Å². The van der Waals surface area contributed by atoms with Crippen molar-refractivity contribution < 1.29 is 18.0 Å². The van der Waals surface area contributed by atoms with Crippen molar-refractivity contribution in [2.75, 3.05) is 10.6 Å². The van der Waals surface area contributed by atoms with Crippen molar-refractivity contribution in [3.8, 4) is 11.5 Å².